The van der Waals surface area contributed by atoms with Crippen molar-refractivity contribution < 1.29 is 0 Å². The third-order valence-electron chi connectivity index (χ3n) is 9.04. The molecule has 2 heterocycles. The molecule has 0 fully saturated rings. The molecular weight excluding hydrogens is 597 g/mol. The highest BCUT2D eigenvalue weighted by atomic mass is 15.0. The molecular formula is C45H30N4. The molecule has 0 amide bonds. The molecule has 0 aliphatic carbocycles. The minimum Gasteiger partial charge on any atom is -0.309 e. The van der Waals surface area contributed by atoms with Crippen LogP contribution in [0.25, 0.3) is 83.9 Å². The highest BCUT2D eigenvalue weighted by Crippen LogP contribution is 2.38. The molecule has 0 radical (unpaired) electrons. The zero-order valence-corrected chi connectivity index (χ0v) is 26.6. The van der Waals surface area contributed by atoms with Crippen LogP contribution in [-0.4, -0.2) is 19.5 Å². The fourth-order valence-electron chi connectivity index (χ4n) is 6.64. The lowest BCUT2D eigenvalue weighted by atomic mass is 10.0. The van der Waals surface area contributed by atoms with Crippen LogP contribution >= 0.6 is 0 Å². The highest BCUT2D eigenvalue weighted by Gasteiger charge is 2.17. The number of aromatic nitrogens is 4. The zero-order valence-electron chi connectivity index (χ0n) is 26.6. The summed E-state index contributed by atoms with van der Waals surface area (Å²) in [5, 5.41) is 2.41. The molecule has 230 valence electrons. The van der Waals surface area contributed by atoms with E-state index in [0.717, 1.165) is 33.4 Å². The van der Waals surface area contributed by atoms with E-state index < -0.39 is 0 Å². The fraction of sp³-hybridized carbons (Fsp3) is 0. The van der Waals surface area contributed by atoms with Crippen molar-refractivity contribution in [2.24, 2.45) is 0 Å². The van der Waals surface area contributed by atoms with Gasteiger partial charge in [-0.3, -0.25) is 0 Å². The summed E-state index contributed by atoms with van der Waals surface area (Å²) < 4.78 is 2.38. The summed E-state index contributed by atoms with van der Waals surface area (Å²) in [6.07, 6.45) is 0. The summed E-state index contributed by atoms with van der Waals surface area (Å²) in [6, 6.07) is 63.5. The van der Waals surface area contributed by atoms with Gasteiger partial charge in [0.2, 0.25) is 0 Å². The smallest absolute Gasteiger partial charge is 0.164 e. The zero-order chi connectivity index (χ0) is 32.6. The summed E-state index contributed by atoms with van der Waals surface area (Å²) >= 11 is 0. The van der Waals surface area contributed by atoms with Gasteiger partial charge >= 0.3 is 0 Å². The van der Waals surface area contributed by atoms with Crippen molar-refractivity contribution in [1.29, 1.82) is 0 Å². The first-order valence-corrected chi connectivity index (χ1v) is 16.5. The van der Waals surface area contributed by atoms with Gasteiger partial charge in [0, 0.05) is 33.2 Å². The SMILES string of the molecule is c1ccc(-c2ccc3c4ccc(-c5ccccc5)cc4n(-c4cccc(-c5nc(-c6ccccc6)nc(-c6ccccc6)n5)c4)c3c2)cc1. The van der Waals surface area contributed by atoms with E-state index in [4.69, 9.17) is 15.0 Å². The molecule has 0 atom stereocenters. The number of fused-ring (bicyclic) bond motifs is 3. The molecule has 0 spiro atoms. The van der Waals surface area contributed by atoms with Crippen LogP contribution in [0.4, 0.5) is 0 Å². The maximum absolute atomic E-state index is 5.02. The Morgan fingerprint density at radius 3 is 1.12 bits per heavy atom. The molecule has 0 N–H and O–H groups in total. The predicted molar refractivity (Wildman–Crippen MR) is 201 cm³/mol. The Morgan fingerprint density at radius 2 is 0.673 bits per heavy atom. The van der Waals surface area contributed by atoms with Gasteiger partial charge in [0.1, 0.15) is 0 Å². The first-order valence-electron chi connectivity index (χ1n) is 16.5. The summed E-state index contributed by atoms with van der Waals surface area (Å²) in [6.45, 7) is 0. The molecule has 4 nitrogen and oxygen atoms in total. The van der Waals surface area contributed by atoms with E-state index in [9.17, 15) is 0 Å². The van der Waals surface area contributed by atoms with Crippen molar-refractivity contribution in [3.63, 3.8) is 0 Å². The Labute approximate surface area is 284 Å². The average Bonchev–Trinajstić information content (AvgIpc) is 3.52. The van der Waals surface area contributed by atoms with Gasteiger partial charge in [0.25, 0.3) is 0 Å². The van der Waals surface area contributed by atoms with Crippen LogP contribution in [0, 0.1) is 0 Å². The quantitative estimate of drug-likeness (QED) is 0.184. The fourth-order valence-corrected chi connectivity index (χ4v) is 6.64. The Bertz CT molecular complexity index is 2420. The second-order valence-corrected chi connectivity index (χ2v) is 12.1. The number of hydrogen-bond acceptors (Lipinski definition) is 3. The van der Waals surface area contributed by atoms with Crippen molar-refractivity contribution in [2.45, 2.75) is 0 Å². The van der Waals surface area contributed by atoms with E-state index in [-0.39, 0.29) is 0 Å². The monoisotopic (exact) mass is 626 g/mol. The molecule has 7 aromatic carbocycles. The standard InChI is InChI=1S/C45H30N4/c1-5-14-31(15-6-1)35-24-26-39-40-27-25-36(32-16-7-2-8-17-32)30-42(40)49(41(39)29-35)38-23-13-22-37(28-38)45-47-43(33-18-9-3-10-19-33)46-44(48-45)34-20-11-4-12-21-34/h1-30H. The predicted octanol–water partition coefficient (Wildman–Crippen LogP) is 11.3. The van der Waals surface area contributed by atoms with Crippen LogP contribution in [0.2, 0.25) is 0 Å². The van der Waals surface area contributed by atoms with Gasteiger partial charge in [-0.05, 0) is 46.5 Å². The van der Waals surface area contributed by atoms with Crippen molar-refractivity contribution >= 4 is 21.8 Å². The van der Waals surface area contributed by atoms with E-state index in [1.807, 2.05) is 60.7 Å². The Hall–Kier alpha value is -6.65. The Morgan fingerprint density at radius 1 is 0.286 bits per heavy atom. The van der Waals surface area contributed by atoms with Crippen molar-refractivity contribution in [3.8, 4) is 62.1 Å². The van der Waals surface area contributed by atoms with Crippen LogP contribution in [-0.2, 0) is 0 Å². The molecule has 0 bridgehead atoms. The van der Waals surface area contributed by atoms with Gasteiger partial charge < -0.3 is 4.57 Å². The lowest BCUT2D eigenvalue weighted by Gasteiger charge is -2.12. The second-order valence-electron chi connectivity index (χ2n) is 12.1. The Kier molecular flexibility index (Phi) is 7.10. The van der Waals surface area contributed by atoms with E-state index in [2.05, 4.69) is 126 Å². The molecule has 2 aromatic heterocycles. The Balaban J connectivity index is 1.27. The summed E-state index contributed by atoms with van der Waals surface area (Å²) in [5.41, 5.74) is 10.9. The summed E-state index contributed by atoms with van der Waals surface area (Å²) in [5.74, 6) is 1.92. The number of hydrogen-bond donors (Lipinski definition) is 0. The van der Waals surface area contributed by atoms with Crippen molar-refractivity contribution in [3.05, 3.63) is 182 Å². The van der Waals surface area contributed by atoms with E-state index in [1.54, 1.807) is 0 Å². The van der Waals surface area contributed by atoms with E-state index in [1.165, 1.54) is 33.0 Å². The van der Waals surface area contributed by atoms with Gasteiger partial charge in [-0.25, -0.2) is 15.0 Å². The molecule has 0 aliphatic heterocycles. The van der Waals surface area contributed by atoms with Crippen LogP contribution in [0.3, 0.4) is 0 Å². The molecule has 0 saturated carbocycles. The third kappa shape index (κ3) is 5.35. The van der Waals surface area contributed by atoms with Gasteiger partial charge in [-0.2, -0.15) is 0 Å². The summed E-state index contributed by atoms with van der Waals surface area (Å²) in [7, 11) is 0. The van der Waals surface area contributed by atoms with Crippen LogP contribution < -0.4 is 0 Å². The lowest BCUT2D eigenvalue weighted by Crippen LogP contribution is -2.01. The normalized spacial score (nSPS) is 11.3. The second kappa shape index (κ2) is 12.2. The minimum atomic E-state index is 0.630. The minimum absolute atomic E-state index is 0.630. The highest BCUT2D eigenvalue weighted by molar-refractivity contribution is 6.11. The topological polar surface area (TPSA) is 43.6 Å². The molecule has 9 rings (SSSR count). The molecule has 0 saturated heterocycles. The van der Waals surface area contributed by atoms with Gasteiger partial charge in [0.15, 0.2) is 17.5 Å². The van der Waals surface area contributed by atoms with Crippen molar-refractivity contribution in [2.75, 3.05) is 0 Å². The maximum Gasteiger partial charge on any atom is 0.164 e. The number of rotatable bonds is 6. The lowest BCUT2D eigenvalue weighted by molar-refractivity contribution is 1.07. The van der Waals surface area contributed by atoms with Crippen LogP contribution in [0.5, 0.6) is 0 Å². The van der Waals surface area contributed by atoms with Crippen molar-refractivity contribution in [1.82, 2.24) is 19.5 Å². The third-order valence-corrected chi connectivity index (χ3v) is 9.04. The van der Waals surface area contributed by atoms with Crippen LogP contribution in [0.15, 0.2) is 182 Å². The number of nitrogens with zero attached hydrogens (tertiary/aromatic N) is 4. The molecule has 49 heavy (non-hydrogen) atoms. The molecule has 9 aromatic rings. The van der Waals surface area contributed by atoms with E-state index >= 15 is 0 Å². The molecule has 4 heteroatoms. The molecule has 0 aliphatic rings. The van der Waals surface area contributed by atoms with Gasteiger partial charge in [-0.15, -0.1) is 0 Å². The summed E-state index contributed by atoms with van der Waals surface area (Å²) in [4.78, 5) is 14.9. The first-order chi connectivity index (χ1) is 24.3. The number of benzene rings is 7. The molecule has 0 unspecified atom stereocenters. The van der Waals surface area contributed by atoms with Gasteiger partial charge in [-0.1, -0.05) is 158 Å². The largest absolute Gasteiger partial charge is 0.309 e. The van der Waals surface area contributed by atoms with Gasteiger partial charge in [0.05, 0.1) is 11.0 Å². The maximum atomic E-state index is 5.02. The van der Waals surface area contributed by atoms with E-state index in [0.29, 0.717) is 17.5 Å². The average molecular weight is 627 g/mol. The van der Waals surface area contributed by atoms with Crippen LogP contribution in [0.1, 0.15) is 0 Å². The first kappa shape index (κ1) is 28.6.